The molecule has 3 aliphatic rings. The van der Waals surface area contributed by atoms with Crippen LogP contribution in [0.15, 0.2) is 24.3 Å². The molecule has 7 nitrogen and oxygen atoms in total. The fourth-order valence-corrected chi connectivity index (χ4v) is 5.09. The highest BCUT2D eigenvalue weighted by atomic mass is 16.6. The summed E-state index contributed by atoms with van der Waals surface area (Å²) < 4.78 is 17.9. The topological polar surface area (TPSA) is 77.1 Å². The summed E-state index contributed by atoms with van der Waals surface area (Å²) in [5.74, 6) is 0.835. The van der Waals surface area contributed by atoms with Gasteiger partial charge in [0.05, 0.1) is 12.5 Å². The smallest absolute Gasteiger partial charge is 0.329 e. The third-order valence-electron chi connectivity index (χ3n) is 6.68. The van der Waals surface area contributed by atoms with Crippen molar-refractivity contribution in [1.82, 2.24) is 10.2 Å². The highest BCUT2D eigenvalue weighted by Crippen LogP contribution is 2.55. The molecule has 1 N–H and O–H groups in total. The quantitative estimate of drug-likeness (QED) is 0.574. The highest BCUT2D eigenvalue weighted by molar-refractivity contribution is 5.83. The van der Waals surface area contributed by atoms with E-state index in [1.165, 1.54) is 18.1 Å². The van der Waals surface area contributed by atoms with Gasteiger partial charge in [0.2, 0.25) is 5.91 Å². The summed E-state index contributed by atoms with van der Waals surface area (Å²) in [4.78, 5) is 26.6. The average molecular weight is 429 g/mol. The number of carbonyl (C=O) groups is 2. The van der Waals surface area contributed by atoms with Gasteiger partial charge in [-0.1, -0.05) is 26.0 Å². The molecule has 0 radical (unpaired) electrons. The Morgan fingerprint density at radius 2 is 2.10 bits per heavy atom. The summed E-state index contributed by atoms with van der Waals surface area (Å²) in [7, 11) is 3.79. The number of nitrogens with zero attached hydrogens (tertiary/aromatic N) is 1. The molecule has 1 amide bonds. The lowest BCUT2D eigenvalue weighted by molar-refractivity contribution is -0.153. The summed E-state index contributed by atoms with van der Waals surface area (Å²) >= 11 is 0. The number of hydrogen-bond donors (Lipinski definition) is 1. The van der Waals surface area contributed by atoms with E-state index in [-0.39, 0.29) is 23.3 Å². The first-order valence-electron chi connectivity index (χ1n) is 11.0. The Kier molecular flexibility index (Phi) is 5.73. The predicted molar refractivity (Wildman–Crippen MR) is 116 cm³/mol. The lowest BCUT2D eigenvalue weighted by Gasteiger charge is -2.37. The van der Waals surface area contributed by atoms with Crippen LogP contribution < -0.4 is 14.8 Å². The van der Waals surface area contributed by atoms with Gasteiger partial charge in [0.1, 0.15) is 18.2 Å². The maximum Gasteiger partial charge on any atom is 0.329 e. The van der Waals surface area contributed by atoms with Crippen LogP contribution in [-0.2, 0) is 26.3 Å². The van der Waals surface area contributed by atoms with Crippen molar-refractivity contribution in [2.24, 2.45) is 5.92 Å². The molecule has 4 atom stereocenters. The molecule has 2 heterocycles. The van der Waals surface area contributed by atoms with Gasteiger partial charge < -0.3 is 24.4 Å². The van der Waals surface area contributed by atoms with E-state index in [9.17, 15) is 9.59 Å². The van der Waals surface area contributed by atoms with E-state index in [4.69, 9.17) is 14.2 Å². The molecule has 0 unspecified atom stereocenters. The number of benzene rings is 1. The normalized spacial score (nSPS) is 27.5. The largest absolute Gasteiger partial charge is 0.493 e. The molecule has 168 valence electrons. The molecule has 7 heteroatoms. The van der Waals surface area contributed by atoms with Crippen LogP contribution in [-0.4, -0.2) is 55.7 Å². The second kappa shape index (κ2) is 8.19. The van der Waals surface area contributed by atoms with Gasteiger partial charge in [0, 0.05) is 25.5 Å². The Hall–Kier alpha value is -2.54. The molecule has 1 aromatic rings. The number of carbonyl (C=O) groups excluding carboxylic acids is 2. The Morgan fingerprint density at radius 1 is 1.32 bits per heavy atom. The van der Waals surface area contributed by atoms with E-state index in [0.717, 1.165) is 31.0 Å². The highest BCUT2D eigenvalue weighted by Gasteiger charge is 2.53. The van der Waals surface area contributed by atoms with Crippen molar-refractivity contribution in [2.45, 2.75) is 63.8 Å². The molecular formula is C24H32N2O5. The summed E-state index contributed by atoms with van der Waals surface area (Å²) in [5.41, 5.74) is 2.21. The molecule has 2 aliphatic heterocycles. The van der Waals surface area contributed by atoms with E-state index in [2.05, 4.69) is 29.4 Å². The van der Waals surface area contributed by atoms with Crippen molar-refractivity contribution < 1.29 is 23.8 Å². The van der Waals surface area contributed by atoms with E-state index in [1.54, 1.807) is 7.11 Å². The first kappa shape index (κ1) is 21.7. The molecule has 0 bridgehead atoms. The third-order valence-corrected chi connectivity index (χ3v) is 6.68. The maximum atomic E-state index is 12.8. The standard InChI is InChI=1S/C24H32N2O5/c1-14(2)21(25-15(3)27)23(28)30-17-8-9-24-10-11-26(4)13-16-6-7-18(29-5)22(20(16)24)31-19(24)12-17/h6-9,14,17,19,21H,10-13H2,1-5H3,(H,25,27)/t17-,19-,21-,24-/m0/s1. The molecule has 1 aromatic carbocycles. The zero-order valence-electron chi connectivity index (χ0n) is 18.9. The Labute approximate surface area is 183 Å². The van der Waals surface area contributed by atoms with Gasteiger partial charge in [-0.15, -0.1) is 0 Å². The zero-order chi connectivity index (χ0) is 22.3. The molecule has 0 fully saturated rings. The second-order valence-electron chi connectivity index (χ2n) is 9.26. The van der Waals surface area contributed by atoms with Crippen molar-refractivity contribution in [3.05, 3.63) is 35.4 Å². The van der Waals surface area contributed by atoms with Gasteiger partial charge in [0.25, 0.3) is 0 Å². The Morgan fingerprint density at radius 3 is 2.77 bits per heavy atom. The minimum Gasteiger partial charge on any atom is -0.493 e. The molecule has 0 saturated carbocycles. The molecule has 1 aliphatic carbocycles. The number of nitrogens with one attached hydrogen (secondary N) is 1. The zero-order valence-corrected chi connectivity index (χ0v) is 18.9. The van der Waals surface area contributed by atoms with Crippen LogP contribution >= 0.6 is 0 Å². The molecule has 4 rings (SSSR count). The Balaban J connectivity index is 1.61. The van der Waals surface area contributed by atoms with Crippen LogP contribution in [0.4, 0.5) is 0 Å². The fraction of sp³-hybridized carbons (Fsp3) is 0.583. The average Bonchev–Trinajstić information content (AvgIpc) is 2.97. The minimum absolute atomic E-state index is 0.0634. The van der Waals surface area contributed by atoms with Gasteiger partial charge in [-0.3, -0.25) is 4.79 Å². The van der Waals surface area contributed by atoms with Crippen LogP contribution in [0.3, 0.4) is 0 Å². The summed E-state index contributed by atoms with van der Waals surface area (Å²) in [6, 6.07) is 3.44. The summed E-state index contributed by atoms with van der Waals surface area (Å²) in [5, 5.41) is 2.70. The predicted octanol–water partition coefficient (Wildman–Crippen LogP) is 2.56. The van der Waals surface area contributed by atoms with Crippen LogP contribution in [0.2, 0.25) is 0 Å². The maximum absolute atomic E-state index is 12.8. The van der Waals surface area contributed by atoms with Gasteiger partial charge >= 0.3 is 5.97 Å². The summed E-state index contributed by atoms with van der Waals surface area (Å²) in [6.45, 7) is 7.00. The van der Waals surface area contributed by atoms with Crippen LogP contribution in [0, 0.1) is 5.92 Å². The molecule has 31 heavy (non-hydrogen) atoms. The van der Waals surface area contributed by atoms with Crippen molar-refractivity contribution >= 4 is 11.9 Å². The van der Waals surface area contributed by atoms with Gasteiger partial charge in [-0.05, 0) is 43.6 Å². The van der Waals surface area contributed by atoms with Gasteiger partial charge in [-0.2, -0.15) is 0 Å². The first-order valence-corrected chi connectivity index (χ1v) is 11.0. The minimum atomic E-state index is -0.665. The van der Waals surface area contributed by atoms with Gasteiger partial charge in [0.15, 0.2) is 11.5 Å². The monoisotopic (exact) mass is 428 g/mol. The third kappa shape index (κ3) is 3.80. The molecule has 0 aromatic heterocycles. The number of ether oxygens (including phenoxy) is 3. The van der Waals surface area contributed by atoms with E-state index < -0.39 is 18.1 Å². The lowest BCUT2D eigenvalue weighted by Crippen LogP contribution is -2.47. The van der Waals surface area contributed by atoms with Crippen molar-refractivity contribution in [1.29, 1.82) is 0 Å². The van der Waals surface area contributed by atoms with Gasteiger partial charge in [-0.25, -0.2) is 4.79 Å². The van der Waals surface area contributed by atoms with E-state index >= 15 is 0 Å². The SMILES string of the molecule is COc1ccc2c3c1O[C@H]1C[C@@H](OC(=O)[C@@H](NC(C)=O)C(C)C)C=C[C@@]31CCN(C)C2. The van der Waals surface area contributed by atoms with E-state index in [0.29, 0.717) is 6.42 Å². The molecule has 1 spiro atoms. The Bertz CT molecular complexity index is 911. The first-order chi connectivity index (χ1) is 14.7. The number of hydrogen-bond acceptors (Lipinski definition) is 6. The fourth-order valence-electron chi connectivity index (χ4n) is 5.09. The number of amides is 1. The summed E-state index contributed by atoms with van der Waals surface area (Å²) in [6.07, 6.45) is 5.13. The van der Waals surface area contributed by atoms with Crippen molar-refractivity contribution in [2.75, 3.05) is 20.7 Å². The van der Waals surface area contributed by atoms with Crippen LogP contribution in [0.5, 0.6) is 11.5 Å². The van der Waals surface area contributed by atoms with E-state index in [1.807, 2.05) is 26.0 Å². The van der Waals surface area contributed by atoms with Crippen LogP contribution in [0.25, 0.3) is 0 Å². The number of methoxy groups -OCH3 is 1. The molecular weight excluding hydrogens is 396 g/mol. The van der Waals surface area contributed by atoms with Crippen molar-refractivity contribution in [3.8, 4) is 11.5 Å². The lowest BCUT2D eigenvalue weighted by atomic mass is 9.69. The second-order valence-corrected chi connectivity index (χ2v) is 9.26. The van der Waals surface area contributed by atoms with Crippen molar-refractivity contribution in [3.63, 3.8) is 0 Å². The van der Waals surface area contributed by atoms with Crippen LogP contribution in [0.1, 0.15) is 44.7 Å². The number of esters is 1. The molecule has 0 saturated heterocycles. The number of rotatable bonds is 5.